The molecule has 2 aromatic rings. The molecule has 1 atom stereocenters. The van der Waals surface area contributed by atoms with E-state index >= 15 is 0 Å². The van der Waals surface area contributed by atoms with Crippen LogP contribution in [0.1, 0.15) is 72.5 Å². The number of hydrogen-bond acceptors (Lipinski definition) is 6. The second-order valence-corrected chi connectivity index (χ2v) is 9.62. The first kappa shape index (κ1) is 25.5. The van der Waals surface area contributed by atoms with Crippen LogP contribution in [-0.2, 0) is 17.9 Å². The molecule has 2 aliphatic rings. The number of rotatable bonds is 9. The molecule has 0 radical (unpaired) electrons. The summed E-state index contributed by atoms with van der Waals surface area (Å²) in [4.78, 5) is 41.4. The first-order chi connectivity index (χ1) is 17.3. The minimum atomic E-state index is -1.09. The van der Waals surface area contributed by atoms with Crippen LogP contribution in [0.4, 0.5) is 0 Å². The highest BCUT2D eigenvalue weighted by atomic mass is 16.5. The van der Waals surface area contributed by atoms with Gasteiger partial charge in [0.2, 0.25) is 5.91 Å². The van der Waals surface area contributed by atoms with Crippen molar-refractivity contribution in [2.75, 3.05) is 20.8 Å². The molecule has 0 unspecified atom stereocenters. The van der Waals surface area contributed by atoms with Crippen LogP contribution in [0.3, 0.4) is 0 Å². The molecule has 1 aromatic heterocycles. The average molecular weight is 498 g/mol. The van der Waals surface area contributed by atoms with Gasteiger partial charge in [0, 0.05) is 30.8 Å². The van der Waals surface area contributed by atoms with Gasteiger partial charge in [0.05, 0.1) is 20.8 Å². The third kappa shape index (κ3) is 4.89. The molecule has 1 fully saturated rings. The zero-order valence-electron chi connectivity index (χ0n) is 21.4. The van der Waals surface area contributed by atoms with Crippen molar-refractivity contribution >= 4 is 17.7 Å². The number of carbonyl (C=O) groups is 3. The van der Waals surface area contributed by atoms with Gasteiger partial charge in [-0.05, 0) is 44.4 Å². The van der Waals surface area contributed by atoms with Gasteiger partial charge < -0.3 is 25.0 Å². The van der Waals surface area contributed by atoms with Crippen LogP contribution in [0.2, 0.25) is 0 Å². The number of ether oxygens (including phenoxy) is 2. The molecule has 0 bridgehead atoms. The average Bonchev–Trinajstić information content (AvgIpc) is 3.55. The van der Waals surface area contributed by atoms with Gasteiger partial charge in [-0.25, -0.2) is 0 Å². The number of carbonyl (C=O) groups excluding carboxylic acids is 3. The number of amides is 3. The number of benzene rings is 1. The molecule has 0 spiro atoms. The molecule has 3 amide bonds. The Morgan fingerprint density at radius 2 is 1.92 bits per heavy atom. The van der Waals surface area contributed by atoms with E-state index in [0.717, 1.165) is 31.2 Å². The van der Waals surface area contributed by atoms with Gasteiger partial charge >= 0.3 is 0 Å². The zero-order chi connectivity index (χ0) is 25.9. The van der Waals surface area contributed by atoms with Crippen LogP contribution in [0.15, 0.2) is 24.3 Å². The molecule has 10 nitrogen and oxygen atoms in total. The largest absolute Gasteiger partial charge is 0.497 e. The lowest BCUT2D eigenvalue weighted by Gasteiger charge is -2.43. The third-order valence-electron chi connectivity index (χ3n) is 7.08. The topological polar surface area (TPSA) is 115 Å². The first-order valence-electron chi connectivity index (χ1n) is 12.5. The summed E-state index contributed by atoms with van der Waals surface area (Å²) in [6, 6.07) is 6.98. The predicted molar refractivity (Wildman–Crippen MR) is 133 cm³/mol. The molecule has 1 aliphatic carbocycles. The number of methoxy groups -OCH3 is 2. The highest BCUT2D eigenvalue weighted by Crippen LogP contribution is 2.29. The smallest absolute Gasteiger partial charge is 0.273 e. The Kier molecular flexibility index (Phi) is 7.51. The van der Waals surface area contributed by atoms with Gasteiger partial charge in [-0.1, -0.05) is 19.8 Å². The molecule has 1 aromatic carbocycles. The van der Waals surface area contributed by atoms with E-state index in [4.69, 9.17) is 9.47 Å². The maximum Gasteiger partial charge on any atom is 0.273 e. The summed E-state index contributed by atoms with van der Waals surface area (Å²) in [7, 11) is 3.13. The number of aromatic nitrogens is 2. The lowest BCUT2D eigenvalue weighted by atomic mass is 9.94. The number of nitrogens with one attached hydrogen (secondary N) is 2. The minimum absolute atomic E-state index is 0.122. The van der Waals surface area contributed by atoms with E-state index in [2.05, 4.69) is 15.7 Å². The van der Waals surface area contributed by atoms with Crippen LogP contribution in [0.5, 0.6) is 11.5 Å². The normalized spacial score (nSPS) is 19.7. The highest BCUT2D eigenvalue weighted by molar-refractivity contribution is 6.02. The maximum atomic E-state index is 13.5. The predicted octanol–water partition coefficient (Wildman–Crippen LogP) is 2.51. The fourth-order valence-electron chi connectivity index (χ4n) is 5.02. The molecule has 36 heavy (non-hydrogen) atoms. The summed E-state index contributed by atoms with van der Waals surface area (Å²) in [5.41, 5.74) is 0.0856. The van der Waals surface area contributed by atoms with Gasteiger partial charge in [-0.3, -0.25) is 19.1 Å². The van der Waals surface area contributed by atoms with E-state index in [9.17, 15) is 14.4 Å². The molecule has 0 saturated heterocycles. The van der Waals surface area contributed by atoms with Gasteiger partial charge in [0.15, 0.2) is 5.69 Å². The Labute approximate surface area is 211 Å². The second kappa shape index (κ2) is 10.6. The molecule has 1 aliphatic heterocycles. The number of nitrogens with zero attached hydrogens (tertiary/aromatic N) is 3. The summed E-state index contributed by atoms with van der Waals surface area (Å²) in [5, 5.41) is 10.4. The van der Waals surface area contributed by atoms with Crippen molar-refractivity contribution < 1.29 is 23.9 Å². The van der Waals surface area contributed by atoms with Crippen LogP contribution < -0.4 is 20.1 Å². The summed E-state index contributed by atoms with van der Waals surface area (Å²) < 4.78 is 12.1. The monoisotopic (exact) mass is 497 g/mol. The van der Waals surface area contributed by atoms with E-state index in [0.29, 0.717) is 30.2 Å². The number of fused-ring (bicyclic) bond motifs is 1. The SMILES string of the molecule is CCCN1C(=O)c2cc(C(=O)NCc3cc(OC)ccc3OC)nn2C[C@@]1(C)C(=O)NC1CCCC1. The van der Waals surface area contributed by atoms with Crippen LogP contribution in [0, 0.1) is 0 Å². The third-order valence-corrected chi connectivity index (χ3v) is 7.08. The summed E-state index contributed by atoms with van der Waals surface area (Å²) in [6.45, 7) is 4.57. The summed E-state index contributed by atoms with van der Waals surface area (Å²) >= 11 is 0. The van der Waals surface area contributed by atoms with Crippen LogP contribution in [-0.4, -0.2) is 64.7 Å². The van der Waals surface area contributed by atoms with Crippen molar-refractivity contribution in [1.82, 2.24) is 25.3 Å². The van der Waals surface area contributed by atoms with E-state index in [-0.39, 0.29) is 36.6 Å². The van der Waals surface area contributed by atoms with Crippen molar-refractivity contribution in [3.05, 3.63) is 41.2 Å². The lowest BCUT2D eigenvalue weighted by Crippen LogP contribution is -2.65. The fourth-order valence-corrected chi connectivity index (χ4v) is 5.02. The van der Waals surface area contributed by atoms with Crippen LogP contribution >= 0.6 is 0 Å². The highest BCUT2D eigenvalue weighted by Gasteiger charge is 2.48. The first-order valence-corrected chi connectivity index (χ1v) is 12.5. The molecular weight excluding hydrogens is 462 g/mol. The molecule has 2 N–H and O–H groups in total. The van der Waals surface area contributed by atoms with Gasteiger partial charge in [-0.2, -0.15) is 5.10 Å². The van der Waals surface area contributed by atoms with E-state index < -0.39 is 11.4 Å². The maximum absolute atomic E-state index is 13.5. The Morgan fingerprint density at radius 1 is 1.17 bits per heavy atom. The van der Waals surface area contributed by atoms with Crippen molar-refractivity contribution in [2.24, 2.45) is 0 Å². The fraction of sp³-hybridized carbons (Fsp3) is 0.538. The second-order valence-electron chi connectivity index (χ2n) is 9.62. The Hall–Kier alpha value is -3.56. The molecular formula is C26H35N5O5. The van der Waals surface area contributed by atoms with E-state index in [1.165, 1.54) is 10.7 Å². The van der Waals surface area contributed by atoms with Crippen LogP contribution in [0.25, 0.3) is 0 Å². The van der Waals surface area contributed by atoms with Crippen molar-refractivity contribution in [2.45, 2.75) is 70.6 Å². The molecule has 1 saturated carbocycles. The standard InChI is InChI=1S/C26H35N5O5/c1-5-12-30-24(33)21-14-20(23(32)27-15-17-13-19(35-3)10-11-22(17)36-4)29-31(21)16-26(30,2)25(34)28-18-8-6-7-9-18/h10-11,13-14,18H,5-9,12,15-16H2,1-4H3,(H,27,32)(H,28,34)/t26-/m0/s1. The van der Waals surface area contributed by atoms with Gasteiger partial charge in [-0.15, -0.1) is 0 Å². The quantitative estimate of drug-likeness (QED) is 0.550. The minimum Gasteiger partial charge on any atom is -0.497 e. The Balaban J connectivity index is 1.54. The lowest BCUT2D eigenvalue weighted by molar-refractivity contribution is -0.133. The Bertz CT molecular complexity index is 1140. The number of hydrogen-bond donors (Lipinski definition) is 2. The Morgan fingerprint density at radius 3 is 2.58 bits per heavy atom. The molecule has 4 rings (SSSR count). The molecule has 194 valence electrons. The van der Waals surface area contributed by atoms with Gasteiger partial charge in [0.1, 0.15) is 22.7 Å². The van der Waals surface area contributed by atoms with Crippen molar-refractivity contribution in [1.29, 1.82) is 0 Å². The molecule has 2 heterocycles. The summed E-state index contributed by atoms with van der Waals surface area (Å²) in [6.07, 6.45) is 4.82. The van der Waals surface area contributed by atoms with E-state index in [1.54, 1.807) is 44.2 Å². The summed E-state index contributed by atoms with van der Waals surface area (Å²) in [5.74, 6) is 0.374. The zero-order valence-corrected chi connectivity index (χ0v) is 21.4. The van der Waals surface area contributed by atoms with Gasteiger partial charge in [0.25, 0.3) is 11.8 Å². The van der Waals surface area contributed by atoms with Crippen molar-refractivity contribution in [3.63, 3.8) is 0 Å². The van der Waals surface area contributed by atoms with E-state index in [1.807, 2.05) is 6.92 Å². The molecule has 10 heteroatoms. The van der Waals surface area contributed by atoms with Crippen molar-refractivity contribution in [3.8, 4) is 11.5 Å².